The highest BCUT2D eigenvalue weighted by Gasteiger charge is 2.09. The number of carbonyl (C=O) groups is 1. The molecule has 3 rings (SSSR count). The van der Waals surface area contributed by atoms with Crippen molar-refractivity contribution in [3.63, 3.8) is 0 Å². The van der Waals surface area contributed by atoms with E-state index in [0.29, 0.717) is 10.8 Å². The molecule has 0 spiro atoms. The summed E-state index contributed by atoms with van der Waals surface area (Å²) >= 11 is 1.39. The van der Waals surface area contributed by atoms with Gasteiger partial charge in [0.25, 0.3) is 5.56 Å². The van der Waals surface area contributed by atoms with Gasteiger partial charge >= 0.3 is 0 Å². The molecular weight excluding hydrogens is 288 g/mol. The first-order valence-corrected chi connectivity index (χ1v) is 7.14. The molecule has 0 saturated heterocycles. The van der Waals surface area contributed by atoms with Crippen LogP contribution in [0.25, 0.3) is 10.2 Å². The number of nitrogens with zero attached hydrogens (tertiary/aromatic N) is 3. The van der Waals surface area contributed by atoms with E-state index in [4.69, 9.17) is 0 Å². The monoisotopic (exact) mass is 300 g/mol. The zero-order valence-electron chi connectivity index (χ0n) is 11.2. The molecule has 1 N–H and O–H groups in total. The molecule has 0 atom stereocenters. The summed E-state index contributed by atoms with van der Waals surface area (Å²) in [6.45, 7) is 1.64. The average molecular weight is 300 g/mol. The zero-order valence-corrected chi connectivity index (χ0v) is 12.1. The SMILES string of the molecule is Cc1ccc(=O)n(CC(=O)Nc2nc3ccccc3s2)n1. The Labute approximate surface area is 124 Å². The Hall–Kier alpha value is -2.54. The second-order valence-corrected chi connectivity index (χ2v) is 5.54. The maximum atomic E-state index is 12.0. The minimum atomic E-state index is -0.325. The Morgan fingerprint density at radius 2 is 2.10 bits per heavy atom. The van der Waals surface area contributed by atoms with Gasteiger partial charge in [0.2, 0.25) is 5.91 Å². The standard InChI is InChI=1S/C14H12N4O2S/c1-9-6-7-13(20)18(17-9)8-12(19)16-14-15-10-4-2-3-5-11(10)21-14/h2-7H,8H2,1H3,(H,15,16,19). The topological polar surface area (TPSA) is 76.9 Å². The first-order valence-electron chi connectivity index (χ1n) is 6.32. The lowest BCUT2D eigenvalue weighted by Crippen LogP contribution is -2.29. The summed E-state index contributed by atoms with van der Waals surface area (Å²) in [5, 5.41) is 7.23. The smallest absolute Gasteiger partial charge is 0.267 e. The Morgan fingerprint density at radius 1 is 1.29 bits per heavy atom. The Balaban J connectivity index is 1.77. The van der Waals surface area contributed by atoms with Crippen LogP contribution >= 0.6 is 11.3 Å². The van der Waals surface area contributed by atoms with E-state index in [2.05, 4.69) is 15.4 Å². The molecule has 0 aliphatic carbocycles. The van der Waals surface area contributed by atoms with Crippen molar-refractivity contribution in [3.8, 4) is 0 Å². The van der Waals surface area contributed by atoms with E-state index in [-0.39, 0.29) is 18.0 Å². The second-order valence-electron chi connectivity index (χ2n) is 4.51. The van der Waals surface area contributed by atoms with Crippen LogP contribution in [-0.2, 0) is 11.3 Å². The zero-order chi connectivity index (χ0) is 14.8. The number of carbonyl (C=O) groups excluding carboxylic acids is 1. The molecular formula is C14H12N4O2S. The van der Waals surface area contributed by atoms with E-state index in [9.17, 15) is 9.59 Å². The van der Waals surface area contributed by atoms with Crippen LogP contribution in [-0.4, -0.2) is 20.7 Å². The number of hydrogen-bond donors (Lipinski definition) is 1. The molecule has 2 aromatic heterocycles. The van der Waals surface area contributed by atoms with Crippen molar-refractivity contribution in [1.82, 2.24) is 14.8 Å². The third-order valence-electron chi connectivity index (χ3n) is 2.83. The van der Waals surface area contributed by atoms with E-state index >= 15 is 0 Å². The fourth-order valence-corrected chi connectivity index (χ4v) is 2.77. The van der Waals surface area contributed by atoms with Gasteiger partial charge in [-0.2, -0.15) is 5.10 Å². The fraction of sp³-hybridized carbons (Fsp3) is 0.143. The van der Waals surface area contributed by atoms with E-state index < -0.39 is 0 Å². The molecule has 0 aliphatic rings. The van der Waals surface area contributed by atoms with Gasteiger partial charge in [-0.05, 0) is 25.1 Å². The molecule has 106 valence electrons. The number of amides is 1. The summed E-state index contributed by atoms with van der Waals surface area (Å²) in [7, 11) is 0. The number of aromatic nitrogens is 3. The van der Waals surface area contributed by atoms with Crippen molar-refractivity contribution >= 4 is 32.6 Å². The molecule has 1 aromatic carbocycles. The van der Waals surface area contributed by atoms with Crippen LogP contribution in [0.1, 0.15) is 5.69 Å². The summed E-state index contributed by atoms with van der Waals surface area (Å²) in [6, 6.07) is 10.6. The second kappa shape index (κ2) is 5.45. The van der Waals surface area contributed by atoms with Crippen LogP contribution in [0, 0.1) is 6.92 Å². The van der Waals surface area contributed by atoms with E-state index in [1.807, 2.05) is 24.3 Å². The Bertz CT molecular complexity index is 836. The van der Waals surface area contributed by atoms with Gasteiger partial charge < -0.3 is 5.32 Å². The third kappa shape index (κ3) is 2.97. The number of aryl methyl sites for hydroxylation is 1. The molecule has 0 bridgehead atoms. The van der Waals surface area contributed by atoms with Gasteiger partial charge in [-0.15, -0.1) is 0 Å². The highest BCUT2D eigenvalue weighted by atomic mass is 32.1. The largest absolute Gasteiger partial charge is 0.300 e. The van der Waals surface area contributed by atoms with Gasteiger partial charge in [0, 0.05) is 6.07 Å². The number of hydrogen-bond acceptors (Lipinski definition) is 5. The van der Waals surface area contributed by atoms with Gasteiger partial charge in [0.1, 0.15) is 6.54 Å². The lowest BCUT2D eigenvalue weighted by molar-refractivity contribution is -0.117. The van der Waals surface area contributed by atoms with E-state index in [0.717, 1.165) is 14.9 Å². The summed E-state index contributed by atoms with van der Waals surface area (Å²) in [5.41, 5.74) is 1.21. The number of nitrogens with one attached hydrogen (secondary N) is 1. The summed E-state index contributed by atoms with van der Waals surface area (Å²) < 4.78 is 2.14. The van der Waals surface area contributed by atoms with Crippen molar-refractivity contribution in [2.45, 2.75) is 13.5 Å². The van der Waals surface area contributed by atoms with Crippen LogP contribution in [0.4, 0.5) is 5.13 Å². The lowest BCUT2D eigenvalue weighted by atomic mass is 10.3. The van der Waals surface area contributed by atoms with E-state index in [1.165, 1.54) is 17.4 Å². The maximum Gasteiger partial charge on any atom is 0.267 e. The average Bonchev–Trinajstić information content (AvgIpc) is 2.84. The van der Waals surface area contributed by atoms with Gasteiger partial charge in [0.15, 0.2) is 5.13 Å². The molecule has 1 amide bonds. The fourth-order valence-electron chi connectivity index (χ4n) is 1.88. The van der Waals surface area contributed by atoms with Crippen LogP contribution < -0.4 is 10.9 Å². The number of anilines is 1. The summed E-state index contributed by atoms with van der Waals surface area (Å²) in [5.74, 6) is -0.325. The van der Waals surface area contributed by atoms with Crippen molar-refractivity contribution < 1.29 is 4.79 Å². The van der Waals surface area contributed by atoms with Gasteiger partial charge in [-0.25, -0.2) is 9.67 Å². The molecule has 0 aliphatic heterocycles. The van der Waals surface area contributed by atoms with Gasteiger partial charge in [-0.3, -0.25) is 9.59 Å². The highest BCUT2D eigenvalue weighted by Crippen LogP contribution is 2.25. The number of fused-ring (bicyclic) bond motifs is 1. The predicted octanol–water partition coefficient (Wildman–Crippen LogP) is 1.80. The summed E-state index contributed by atoms with van der Waals surface area (Å²) in [6.07, 6.45) is 0. The van der Waals surface area contributed by atoms with Crippen molar-refractivity contribution in [2.75, 3.05) is 5.32 Å². The number of thiazole rings is 1. The van der Waals surface area contributed by atoms with Crippen LogP contribution in [0.2, 0.25) is 0 Å². The predicted molar refractivity (Wildman–Crippen MR) is 81.5 cm³/mol. The number of rotatable bonds is 3. The molecule has 7 heteroatoms. The Morgan fingerprint density at radius 3 is 2.90 bits per heavy atom. The number of benzene rings is 1. The minimum Gasteiger partial charge on any atom is -0.300 e. The van der Waals surface area contributed by atoms with Crippen LogP contribution in [0.5, 0.6) is 0 Å². The quantitative estimate of drug-likeness (QED) is 0.800. The molecule has 0 radical (unpaired) electrons. The van der Waals surface area contributed by atoms with Gasteiger partial charge in [0.05, 0.1) is 15.9 Å². The molecule has 0 unspecified atom stereocenters. The molecule has 3 aromatic rings. The van der Waals surface area contributed by atoms with Crippen molar-refractivity contribution in [3.05, 3.63) is 52.4 Å². The molecule has 2 heterocycles. The molecule has 0 saturated carbocycles. The molecule has 0 fully saturated rings. The van der Waals surface area contributed by atoms with Crippen LogP contribution in [0.3, 0.4) is 0 Å². The van der Waals surface area contributed by atoms with Crippen molar-refractivity contribution in [2.24, 2.45) is 0 Å². The minimum absolute atomic E-state index is 0.129. The molecule has 6 nitrogen and oxygen atoms in total. The maximum absolute atomic E-state index is 12.0. The third-order valence-corrected chi connectivity index (χ3v) is 3.79. The number of para-hydroxylation sites is 1. The van der Waals surface area contributed by atoms with Crippen molar-refractivity contribution in [1.29, 1.82) is 0 Å². The Kier molecular flexibility index (Phi) is 3.49. The van der Waals surface area contributed by atoms with Gasteiger partial charge in [-0.1, -0.05) is 23.5 Å². The lowest BCUT2D eigenvalue weighted by Gasteiger charge is -2.04. The first kappa shape index (κ1) is 13.4. The first-order chi connectivity index (χ1) is 10.1. The van der Waals surface area contributed by atoms with E-state index in [1.54, 1.807) is 13.0 Å². The van der Waals surface area contributed by atoms with Crippen LogP contribution in [0.15, 0.2) is 41.2 Å². The highest BCUT2D eigenvalue weighted by molar-refractivity contribution is 7.22. The normalized spacial score (nSPS) is 10.7. The summed E-state index contributed by atoms with van der Waals surface area (Å²) in [4.78, 5) is 27.9. The molecule has 21 heavy (non-hydrogen) atoms.